The minimum atomic E-state index is -0.0257. The van der Waals surface area contributed by atoms with Crippen molar-refractivity contribution >= 4 is 23.4 Å². The first kappa shape index (κ1) is 14.7. The van der Waals surface area contributed by atoms with Crippen molar-refractivity contribution in [1.82, 2.24) is 4.98 Å². The Morgan fingerprint density at radius 3 is 2.89 bits per heavy atom. The standard InChI is InChI=1S/C10H14N6S.ClH/c1-17-10-13-5-6-7(14-10)3-2-4-8(6)15-16-9(11)12;/h5H,2-4H2,1H3,(H4,11,12,16);1H/b15-8+;. The van der Waals surface area contributed by atoms with Crippen LogP contribution in [0.2, 0.25) is 0 Å². The van der Waals surface area contributed by atoms with Gasteiger partial charge in [0.1, 0.15) is 6.20 Å². The molecule has 0 atom stereocenters. The lowest BCUT2D eigenvalue weighted by molar-refractivity contribution is -0.434. The number of nitrogens with two attached hydrogens (primary N) is 2. The fourth-order valence-corrected chi connectivity index (χ4v) is 2.14. The lowest BCUT2D eigenvalue weighted by Crippen LogP contribution is -3.00. The van der Waals surface area contributed by atoms with Crippen molar-refractivity contribution in [3.63, 3.8) is 0 Å². The van der Waals surface area contributed by atoms with E-state index in [1.54, 1.807) is 11.8 Å². The molecular formula is C10H15ClN6S. The highest BCUT2D eigenvalue weighted by Crippen LogP contribution is 2.20. The van der Waals surface area contributed by atoms with Crippen molar-refractivity contribution in [1.29, 1.82) is 0 Å². The van der Waals surface area contributed by atoms with Crippen LogP contribution in [0, 0.1) is 0 Å². The van der Waals surface area contributed by atoms with Gasteiger partial charge in [-0.25, -0.2) is 4.98 Å². The number of halogens is 1. The molecule has 1 aromatic heterocycles. The van der Waals surface area contributed by atoms with Crippen LogP contribution in [0.5, 0.6) is 0 Å². The van der Waals surface area contributed by atoms with Crippen LogP contribution in [0.4, 0.5) is 0 Å². The summed E-state index contributed by atoms with van der Waals surface area (Å²) >= 11 is 1.59. The summed E-state index contributed by atoms with van der Waals surface area (Å²) in [6.45, 7) is 0. The monoisotopic (exact) mass is 286 g/mol. The van der Waals surface area contributed by atoms with E-state index in [-0.39, 0.29) is 18.4 Å². The van der Waals surface area contributed by atoms with Crippen LogP contribution in [0.15, 0.2) is 21.6 Å². The van der Waals surface area contributed by atoms with Gasteiger partial charge in [-0.3, -0.25) is 0 Å². The van der Waals surface area contributed by atoms with Gasteiger partial charge in [-0.15, -0.1) is 5.10 Å². The summed E-state index contributed by atoms with van der Waals surface area (Å²) in [5.74, 6) is -0.0257. The Bertz CT molecular complexity index is 483. The second-order valence-electron chi connectivity index (χ2n) is 3.70. The molecule has 0 saturated heterocycles. The quantitative estimate of drug-likeness (QED) is 0.198. The molecule has 0 bridgehead atoms. The molecule has 0 radical (unpaired) electrons. The maximum atomic E-state index is 5.27. The minimum absolute atomic E-state index is 0. The van der Waals surface area contributed by atoms with E-state index in [2.05, 4.69) is 20.2 Å². The lowest BCUT2D eigenvalue weighted by atomic mass is 9.95. The summed E-state index contributed by atoms with van der Waals surface area (Å²) in [5, 5.41) is 8.68. The first-order valence-corrected chi connectivity index (χ1v) is 6.54. The number of fused-ring (bicyclic) bond motifs is 1. The zero-order valence-corrected chi connectivity index (χ0v) is 11.6. The molecule has 98 valence electrons. The zero-order valence-electron chi connectivity index (χ0n) is 9.98. The molecule has 2 rings (SSSR count). The molecule has 0 spiro atoms. The van der Waals surface area contributed by atoms with E-state index in [0.717, 1.165) is 41.4 Å². The van der Waals surface area contributed by atoms with Gasteiger partial charge >= 0.3 is 5.16 Å². The Kier molecular flexibility index (Phi) is 5.36. The molecule has 5 N–H and O–H groups in total. The van der Waals surface area contributed by atoms with E-state index in [0.29, 0.717) is 0 Å². The third kappa shape index (κ3) is 3.33. The summed E-state index contributed by atoms with van der Waals surface area (Å²) in [5.41, 5.74) is 13.5. The van der Waals surface area contributed by atoms with E-state index in [1.165, 1.54) is 0 Å². The van der Waals surface area contributed by atoms with E-state index in [4.69, 9.17) is 11.5 Å². The number of H-pyrrole nitrogens is 1. The highest BCUT2D eigenvalue weighted by atomic mass is 35.5. The number of guanidine groups is 1. The molecule has 1 aliphatic rings. The lowest BCUT2D eigenvalue weighted by Gasteiger charge is -2.11. The molecular weight excluding hydrogens is 272 g/mol. The number of aryl methyl sites for hydroxylation is 1. The maximum absolute atomic E-state index is 5.27. The van der Waals surface area contributed by atoms with Crippen molar-refractivity contribution in [3.8, 4) is 0 Å². The SMILES string of the molecule is CSc1nc2c(c[nH+]1)/C(=N/N=C(N)N)CCC2.[Cl-]. The summed E-state index contributed by atoms with van der Waals surface area (Å²) < 4.78 is 0. The number of hydrogen-bond acceptors (Lipinski definition) is 4. The molecule has 0 unspecified atom stereocenters. The van der Waals surface area contributed by atoms with Gasteiger partial charge in [0.25, 0.3) is 0 Å². The van der Waals surface area contributed by atoms with Gasteiger partial charge in [0, 0.05) is 6.42 Å². The van der Waals surface area contributed by atoms with Crippen LogP contribution in [0.25, 0.3) is 0 Å². The Hall–Kier alpha value is -1.34. The molecule has 1 aliphatic carbocycles. The number of nitrogens with one attached hydrogen (secondary N) is 1. The average molecular weight is 287 g/mol. The average Bonchev–Trinajstić information content (AvgIpc) is 2.35. The van der Waals surface area contributed by atoms with Gasteiger partial charge in [-0.2, -0.15) is 5.10 Å². The number of rotatable bonds is 2. The van der Waals surface area contributed by atoms with Crippen molar-refractivity contribution in [2.24, 2.45) is 21.7 Å². The fraction of sp³-hybridized carbons (Fsp3) is 0.400. The number of thioether (sulfide) groups is 1. The second-order valence-corrected chi connectivity index (χ2v) is 4.49. The van der Waals surface area contributed by atoms with Crippen molar-refractivity contribution < 1.29 is 17.4 Å². The zero-order chi connectivity index (χ0) is 12.3. The molecule has 8 heteroatoms. The smallest absolute Gasteiger partial charge is 0.356 e. The van der Waals surface area contributed by atoms with Crippen LogP contribution in [-0.4, -0.2) is 22.9 Å². The van der Waals surface area contributed by atoms with Crippen LogP contribution < -0.4 is 28.9 Å². The molecule has 0 saturated carbocycles. The molecule has 0 aromatic carbocycles. The molecule has 0 aliphatic heterocycles. The van der Waals surface area contributed by atoms with E-state index >= 15 is 0 Å². The largest absolute Gasteiger partial charge is 1.00 e. The Morgan fingerprint density at radius 2 is 2.22 bits per heavy atom. The maximum Gasteiger partial charge on any atom is 0.356 e. The van der Waals surface area contributed by atoms with Crippen LogP contribution in [0.1, 0.15) is 24.1 Å². The third-order valence-corrected chi connectivity index (χ3v) is 3.10. The van der Waals surface area contributed by atoms with Crippen molar-refractivity contribution in [3.05, 3.63) is 17.5 Å². The van der Waals surface area contributed by atoms with Gasteiger partial charge in [-0.1, -0.05) is 0 Å². The number of aromatic amines is 1. The first-order valence-electron chi connectivity index (χ1n) is 5.32. The number of hydrogen-bond donors (Lipinski definition) is 2. The highest BCUT2D eigenvalue weighted by molar-refractivity contribution is 7.98. The molecule has 18 heavy (non-hydrogen) atoms. The minimum Gasteiger partial charge on any atom is -1.00 e. The number of nitrogens with zero attached hydrogens (tertiary/aromatic N) is 3. The summed E-state index contributed by atoms with van der Waals surface area (Å²) in [6.07, 6.45) is 6.78. The van der Waals surface area contributed by atoms with Gasteiger partial charge < -0.3 is 23.9 Å². The second kappa shape index (κ2) is 6.55. The van der Waals surface area contributed by atoms with Crippen LogP contribution in [-0.2, 0) is 6.42 Å². The van der Waals surface area contributed by atoms with Gasteiger partial charge in [0.15, 0.2) is 5.69 Å². The van der Waals surface area contributed by atoms with Crippen LogP contribution >= 0.6 is 11.8 Å². The van der Waals surface area contributed by atoms with E-state index in [1.807, 2.05) is 12.5 Å². The van der Waals surface area contributed by atoms with E-state index in [9.17, 15) is 0 Å². The normalized spacial score (nSPS) is 15.7. The Morgan fingerprint density at radius 1 is 1.44 bits per heavy atom. The topological polar surface area (TPSA) is 104 Å². The Labute approximate surface area is 116 Å². The molecule has 0 fully saturated rings. The molecule has 1 heterocycles. The fourth-order valence-electron chi connectivity index (χ4n) is 1.76. The van der Waals surface area contributed by atoms with Crippen molar-refractivity contribution in [2.75, 3.05) is 6.26 Å². The highest BCUT2D eigenvalue weighted by Gasteiger charge is 2.23. The first-order chi connectivity index (χ1) is 8.20. The van der Waals surface area contributed by atoms with Crippen LogP contribution in [0.3, 0.4) is 0 Å². The van der Waals surface area contributed by atoms with Gasteiger partial charge in [0.2, 0.25) is 5.96 Å². The number of aromatic nitrogens is 2. The predicted molar refractivity (Wildman–Crippen MR) is 67.9 cm³/mol. The summed E-state index contributed by atoms with van der Waals surface area (Å²) in [4.78, 5) is 7.65. The Balaban J connectivity index is 0.00000162. The summed E-state index contributed by atoms with van der Waals surface area (Å²) in [7, 11) is 0. The predicted octanol–water partition coefficient (Wildman–Crippen LogP) is -3.06. The van der Waals surface area contributed by atoms with Gasteiger partial charge in [0.05, 0.1) is 11.3 Å². The van der Waals surface area contributed by atoms with E-state index < -0.39 is 0 Å². The molecule has 0 amide bonds. The molecule has 1 aromatic rings. The van der Waals surface area contributed by atoms with Gasteiger partial charge in [-0.05, 0) is 35.8 Å². The molecule has 6 nitrogen and oxygen atoms in total. The van der Waals surface area contributed by atoms with Crippen molar-refractivity contribution in [2.45, 2.75) is 24.4 Å². The summed E-state index contributed by atoms with van der Waals surface area (Å²) in [6, 6.07) is 0. The third-order valence-electron chi connectivity index (χ3n) is 2.50.